The molecule has 0 atom stereocenters. The van der Waals surface area contributed by atoms with E-state index in [1.807, 2.05) is 20.0 Å². The molecule has 0 aliphatic carbocycles. The van der Waals surface area contributed by atoms with Gasteiger partial charge in [-0.1, -0.05) is 0 Å². The molecule has 5 heteroatoms. The number of halogens is 2. The van der Waals surface area contributed by atoms with Crippen molar-refractivity contribution < 1.29 is 17.9 Å². The third kappa shape index (κ3) is 3.32. The van der Waals surface area contributed by atoms with Gasteiger partial charge in [-0.3, -0.25) is 0 Å². The largest absolute Gasteiger partial charge is 0.486 e. The number of hydrogen-bond acceptors (Lipinski definition) is 3. The highest BCUT2D eigenvalue weighted by atomic mass is 19.2. The molecule has 1 heterocycles. The fourth-order valence-electron chi connectivity index (χ4n) is 1.75. The molecule has 19 heavy (non-hydrogen) atoms. The molecule has 0 aliphatic heterocycles. The van der Waals surface area contributed by atoms with Crippen LogP contribution in [0.1, 0.15) is 17.1 Å². The zero-order chi connectivity index (χ0) is 13.8. The van der Waals surface area contributed by atoms with Crippen molar-refractivity contribution in [3.63, 3.8) is 0 Å². The van der Waals surface area contributed by atoms with E-state index in [1.165, 1.54) is 6.07 Å². The Labute approximate surface area is 110 Å². The first-order valence-corrected chi connectivity index (χ1v) is 5.91. The van der Waals surface area contributed by atoms with Gasteiger partial charge in [0, 0.05) is 18.2 Å². The monoisotopic (exact) mass is 267 g/mol. The van der Waals surface area contributed by atoms with E-state index in [0.29, 0.717) is 12.3 Å². The van der Waals surface area contributed by atoms with E-state index in [2.05, 4.69) is 5.32 Å². The molecular formula is C14H15F2NO2. The molecule has 0 amide bonds. The Hall–Kier alpha value is -1.88. The maximum Gasteiger partial charge on any atom is 0.162 e. The SMILES string of the molecule is CNCc1cc(COc2ccc(F)c(F)c2)oc1C. The van der Waals surface area contributed by atoms with Gasteiger partial charge in [0.05, 0.1) is 0 Å². The lowest BCUT2D eigenvalue weighted by molar-refractivity contribution is 0.265. The molecule has 1 aromatic heterocycles. The van der Waals surface area contributed by atoms with Gasteiger partial charge in [0.15, 0.2) is 11.6 Å². The van der Waals surface area contributed by atoms with E-state index in [9.17, 15) is 8.78 Å². The van der Waals surface area contributed by atoms with Crippen molar-refractivity contribution in [3.05, 3.63) is 53.0 Å². The van der Waals surface area contributed by atoms with Crippen molar-refractivity contribution >= 4 is 0 Å². The maximum absolute atomic E-state index is 13.0. The minimum atomic E-state index is -0.927. The predicted octanol–water partition coefficient (Wildman–Crippen LogP) is 3.16. The van der Waals surface area contributed by atoms with Crippen LogP contribution in [0.2, 0.25) is 0 Å². The number of ether oxygens (including phenoxy) is 1. The second kappa shape index (κ2) is 5.84. The molecule has 1 N–H and O–H groups in total. The molecular weight excluding hydrogens is 252 g/mol. The number of furan rings is 1. The Kier molecular flexibility index (Phi) is 4.16. The maximum atomic E-state index is 13.0. The minimum absolute atomic E-state index is 0.176. The quantitative estimate of drug-likeness (QED) is 0.903. The van der Waals surface area contributed by atoms with Crippen LogP contribution in [0.3, 0.4) is 0 Å². The van der Waals surface area contributed by atoms with Crippen LogP contribution in [-0.2, 0) is 13.2 Å². The standard InChI is InChI=1S/C14H15F2NO2/c1-9-10(7-17-2)5-12(19-9)8-18-11-3-4-13(15)14(16)6-11/h3-6,17H,7-8H2,1-2H3. The van der Waals surface area contributed by atoms with Crippen molar-refractivity contribution in [1.29, 1.82) is 0 Å². The number of aryl methyl sites for hydroxylation is 1. The second-order valence-corrected chi connectivity index (χ2v) is 4.19. The van der Waals surface area contributed by atoms with Gasteiger partial charge in [0.2, 0.25) is 0 Å². The summed E-state index contributed by atoms with van der Waals surface area (Å²) in [6.45, 7) is 2.75. The highest BCUT2D eigenvalue weighted by Gasteiger charge is 2.08. The normalized spacial score (nSPS) is 10.7. The fraction of sp³-hybridized carbons (Fsp3) is 0.286. The zero-order valence-electron chi connectivity index (χ0n) is 10.8. The van der Waals surface area contributed by atoms with Gasteiger partial charge in [0.1, 0.15) is 23.9 Å². The third-order valence-electron chi connectivity index (χ3n) is 2.71. The highest BCUT2D eigenvalue weighted by molar-refractivity contribution is 5.25. The molecule has 2 rings (SSSR count). The van der Waals surface area contributed by atoms with Crippen molar-refractivity contribution in [1.82, 2.24) is 5.32 Å². The van der Waals surface area contributed by atoms with Crippen LogP contribution in [0.15, 0.2) is 28.7 Å². The number of rotatable bonds is 5. The van der Waals surface area contributed by atoms with Crippen LogP contribution >= 0.6 is 0 Å². The van der Waals surface area contributed by atoms with Gasteiger partial charge >= 0.3 is 0 Å². The van der Waals surface area contributed by atoms with Gasteiger partial charge in [-0.05, 0) is 32.2 Å². The number of nitrogens with one attached hydrogen (secondary N) is 1. The van der Waals surface area contributed by atoms with Gasteiger partial charge in [-0.2, -0.15) is 0 Å². The first-order valence-electron chi connectivity index (χ1n) is 5.91. The predicted molar refractivity (Wildman–Crippen MR) is 66.9 cm³/mol. The molecule has 0 saturated heterocycles. The lowest BCUT2D eigenvalue weighted by Crippen LogP contribution is -2.04. The van der Waals surface area contributed by atoms with Crippen LogP contribution in [0.5, 0.6) is 5.75 Å². The van der Waals surface area contributed by atoms with Crippen LogP contribution in [0.4, 0.5) is 8.78 Å². The molecule has 1 aromatic carbocycles. The summed E-state index contributed by atoms with van der Waals surface area (Å²) < 4.78 is 36.6. The summed E-state index contributed by atoms with van der Waals surface area (Å²) in [5, 5.41) is 3.03. The van der Waals surface area contributed by atoms with Crippen molar-refractivity contribution in [2.75, 3.05) is 7.05 Å². The summed E-state index contributed by atoms with van der Waals surface area (Å²) in [7, 11) is 1.85. The molecule has 0 bridgehead atoms. The first-order chi connectivity index (χ1) is 9.10. The Morgan fingerprint density at radius 2 is 2.00 bits per heavy atom. The fourth-order valence-corrected chi connectivity index (χ4v) is 1.75. The Balaban J connectivity index is 2.01. The van der Waals surface area contributed by atoms with Gasteiger partial charge in [0.25, 0.3) is 0 Å². The summed E-state index contributed by atoms with van der Waals surface area (Å²) in [5.74, 6) is -0.0877. The van der Waals surface area contributed by atoms with Crippen LogP contribution in [0.25, 0.3) is 0 Å². The average Bonchev–Trinajstić information content (AvgIpc) is 2.72. The topological polar surface area (TPSA) is 34.4 Å². The summed E-state index contributed by atoms with van der Waals surface area (Å²) >= 11 is 0. The molecule has 0 fully saturated rings. The lowest BCUT2D eigenvalue weighted by Gasteiger charge is -2.04. The molecule has 0 unspecified atom stereocenters. The van der Waals surface area contributed by atoms with Crippen molar-refractivity contribution in [2.45, 2.75) is 20.1 Å². The third-order valence-corrected chi connectivity index (χ3v) is 2.71. The molecule has 0 radical (unpaired) electrons. The highest BCUT2D eigenvalue weighted by Crippen LogP contribution is 2.19. The van der Waals surface area contributed by atoms with E-state index in [-0.39, 0.29) is 12.4 Å². The van der Waals surface area contributed by atoms with Gasteiger partial charge < -0.3 is 14.5 Å². The molecule has 3 nitrogen and oxygen atoms in total. The smallest absolute Gasteiger partial charge is 0.162 e. The number of benzene rings is 1. The van der Waals surface area contributed by atoms with Gasteiger partial charge in [-0.25, -0.2) is 8.78 Å². The zero-order valence-corrected chi connectivity index (χ0v) is 10.8. The Morgan fingerprint density at radius 1 is 1.21 bits per heavy atom. The summed E-state index contributed by atoms with van der Waals surface area (Å²) in [6.07, 6.45) is 0. The molecule has 2 aromatic rings. The van der Waals surface area contributed by atoms with E-state index in [0.717, 1.165) is 23.5 Å². The van der Waals surface area contributed by atoms with Crippen LogP contribution in [0, 0.1) is 18.6 Å². The first kappa shape index (κ1) is 13.5. The van der Waals surface area contributed by atoms with Crippen molar-refractivity contribution in [3.8, 4) is 5.75 Å². The Morgan fingerprint density at radius 3 is 2.68 bits per heavy atom. The lowest BCUT2D eigenvalue weighted by atomic mass is 10.2. The van der Waals surface area contributed by atoms with Gasteiger partial charge in [-0.15, -0.1) is 0 Å². The average molecular weight is 267 g/mol. The molecule has 102 valence electrons. The minimum Gasteiger partial charge on any atom is -0.486 e. The second-order valence-electron chi connectivity index (χ2n) is 4.19. The van der Waals surface area contributed by atoms with Crippen LogP contribution in [-0.4, -0.2) is 7.05 Å². The van der Waals surface area contributed by atoms with E-state index in [1.54, 1.807) is 0 Å². The molecule has 0 spiro atoms. The van der Waals surface area contributed by atoms with E-state index >= 15 is 0 Å². The Bertz CT molecular complexity index is 567. The summed E-state index contributed by atoms with van der Waals surface area (Å²) in [5.41, 5.74) is 1.05. The van der Waals surface area contributed by atoms with E-state index < -0.39 is 11.6 Å². The summed E-state index contributed by atoms with van der Waals surface area (Å²) in [4.78, 5) is 0. The van der Waals surface area contributed by atoms with Crippen LogP contribution < -0.4 is 10.1 Å². The summed E-state index contributed by atoms with van der Waals surface area (Å²) in [6, 6.07) is 5.30. The van der Waals surface area contributed by atoms with E-state index in [4.69, 9.17) is 9.15 Å². The van der Waals surface area contributed by atoms with Crippen molar-refractivity contribution in [2.24, 2.45) is 0 Å². The number of hydrogen-bond donors (Lipinski definition) is 1. The molecule has 0 saturated carbocycles. The molecule has 0 aliphatic rings.